The molecule has 0 aromatic heterocycles. The fourth-order valence-corrected chi connectivity index (χ4v) is 4.57. The van der Waals surface area contributed by atoms with Crippen molar-refractivity contribution in [2.45, 2.75) is 59.5 Å². The van der Waals surface area contributed by atoms with Crippen LogP contribution in [-0.2, 0) is 14.3 Å². The number of nitrogens with zero attached hydrogens (tertiary/aromatic N) is 1. The van der Waals surface area contributed by atoms with Crippen LogP contribution in [0.2, 0.25) is 0 Å². The molecule has 1 aliphatic carbocycles. The highest BCUT2D eigenvalue weighted by Gasteiger charge is 2.45. The fourth-order valence-electron chi connectivity index (χ4n) is 4.57. The lowest BCUT2D eigenvalue weighted by Crippen LogP contribution is -2.39. The number of ketones is 1. The van der Waals surface area contributed by atoms with E-state index in [1.165, 1.54) is 26.4 Å². The third kappa shape index (κ3) is 4.58. The first-order valence-corrected chi connectivity index (χ1v) is 10.8. The Hall–Kier alpha value is -3.36. The number of hydrogen-bond acceptors (Lipinski definition) is 8. The second-order valence-electron chi connectivity index (χ2n) is 9.41. The molecule has 0 radical (unpaired) electrons. The van der Waals surface area contributed by atoms with E-state index < -0.39 is 22.9 Å². The van der Waals surface area contributed by atoms with Crippen molar-refractivity contribution < 1.29 is 28.7 Å². The predicted molar refractivity (Wildman–Crippen MR) is 121 cm³/mol. The molecule has 0 spiro atoms. The number of carbonyl (C=O) groups is 2. The van der Waals surface area contributed by atoms with Crippen LogP contribution in [0.5, 0.6) is 11.5 Å². The maximum atomic E-state index is 13.4. The Kier molecular flexibility index (Phi) is 6.53. The Balaban J connectivity index is 2.34. The fraction of sp³-hybridized carbons (Fsp3) is 0.500. The van der Waals surface area contributed by atoms with Gasteiger partial charge in [0.25, 0.3) is 5.69 Å². The number of nitro benzene ring substituents is 1. The number of Topliss-reactive ketones (excluding diaryl/α,β-unsaturated/α-hetero) is 1. The van der Waals surface area contributed by atoms with Crippen molar-refractivity contribution in [3.8, 4) is 11.5 Å². The summed E-state index contributed by atoms with van der Waals surface area (Å²) in [5, 5.41) is 15.3. The molecule has 1 N–H and O–H groups in total. The van der Waals surface area contributed by atoms with Gasteiger partial charge in [-0.1, -0.05) is 13.8 Å². The van der Waals surface area contributed by atoms with E-state index >= 15 is 0 Å². The third-order valence-corrected chi connectivity index (χ3v) is 5.84. The highest BCUT2D eigenvalue weighted by molar-refractivity contribution is 6.04. The number of ether oxygens (including phenoxy) is 3. The van der Waals surface area contributed by atoms with Crippen molar-refractivity contribution in [2.24, 2.45) is 5.41 Å². The van der Waals surface area contributed by atoms with Gasteiger partial charge in [0, 0.05) is 29.0 Å². The zero-order chi connectivity index (χ0) is 24.7. The molecule has 9 nitrogen and oxygen atoms in total. The number of nitrogens with one attached hydrogen (secondary N) is 1. The molecule has 1 heterocycles. The van der Waals surface area contributed by atoms with E-state index in [0.29, 0.717) is 23.4 Å². The summed E-state index contributed by atoms with van der Waals surface area (Å²) in [5.74, 6) is -1.33. The number of rotatable bonds is 6. The van der Waals surface area contributed by atoms with Gasteiger partial charge in [-0.3, -0.25) is 14.9 Å². The Morgan fingerprint density at radius 2 is 1.79 bits per heavy atom. The Labute approximate surface area is 192 Å². The largest absolute Gasteiger partial charge is 0.493 e. The highest BCUT2D eigenvalue weighted by Crippen LogP contribution is 2.50. The average Bonchev–Trinajstić information content (AvgIpc) is 2.69. The van der Waals surface area contributed by atoms with Gasteiger partial charge in [0.05, 0.1) is 42.8 Å². The van der Waals surface area contributed by atoms with E-state index in [1.807, 2.05) is 13.8 Å². The zero-order valence-corrected chi connectivity index (χ0v) is 20.0. The molecule has 0 fully saturated rings. The molecule has 0 amide bonds. The maximum Gasteiger partial charge on any atom is 0.337 e. The van der Waals surface area contributed by atoms with Crippen LogP contribution in [0.15, 0.2) is 34.7 Å². The van der Waals surface area contributed by atoms with Gasteiger partial charge < -0.3 is 19.5 Å². The second-order valence-corrected chi connectivity index (χ2v) is 9.41. The zero-order valence-electron chi connectivity index (χ0n) is 20.0. The number of nitro groups is 1. The predicted octanol–water partition coefficient (Wildman–Crippen LogP) is 4.17. The van der Waals surface area contributed by atoms with Gasteiger partial charge in [-0.05, 0) is 38.7 Å². The molecule has 0 bridgehead atoms. The van der Waals surface area contributed by atoms with Crippen LogP contribution in [-0.4, -0.2) is 37.0 Å². The molecule has 2 aliphatic rings. The molecular formula is C24H30N2O7. The van der Waals surface area contributed by atoms with Gasteiger partial charge in [0.1, 0.15) is 0 Å². The Morgan fingerprint density at radius 3 is 2.33 bits per heavy atom. The lowest BCUT2D eigenvalue weighted by molar-refractivity contribution is -0.385. The number of dihydropyridines is 1. The lowest BCUT2D eigenvalue weighted by Gasteiger charge is -2.39. The van der Waals surface area contributed by atoms with Gasteiger partial charge in [-0.15, -0.1) is 0 Å². The third-order valence-electron chi connectivity index (χ3n) is 5.84. The van der Waals surface area contributed by atoms with E-state index in [9.17, 15) is 19.7 Å². The van der Waals surface area contributed by atoms with E-state index in [1.54, 1.807) is 20.8 Å². The molecule has 0 unspecified atom stereocenters. The monoisotopic (exact) mass is 458 g/mol. The minimum Gasteiger partial charge on any atom is -0.493 e. The molecule has 0 saturated carbocycles. The number of hydrogen-bond donors (Lipinski definition) is 1. The van der Waals surface area contributed by atoms with Crippen molar-refractivity contribution in [1.82, 2.24) is 5.32 Å². The standard InChI is InChI=1S/C24H30N2O7/c1-12(2)33-23(28)20-13(3)25-15-10-24(4,5)11-17(27)22(15)21(20)14-8-18(31-6)19(32-7)9-16(14)26(29)30/h8-9,12,21,25H,10-11H2,1-7H3/t21-/m1/s1. The van der Waals surface area contributed by atoms with Crippen molar-refractivity contribution in [3.63, 3.8) is 0 Å². The average molecular weight is 459 g/mol. The molecular weight excluding hydrogens is 428 g/mol. The SMILES string of the molecule is COc1cc([C@@H]2C(C(=O)OC(C)C)=C(C)NC3=C2C(=O)CC(C)(C)C3)c([N+](=O)[O-])cc1OC. The second kappa shape index (κ2) is 8.88. The first-order valence-electron chi connectivity index (χ1n) is 10.8. The molecule has 9 heteroatoms. The van der Waals surface area contributed by atoms with E-state index in [-0.39, 0.29) is 45.9 Å². The number of esters is 1. The van der Waals surface area contributed by atoms with Gasteiger partial charge in [-0.25, -0.2) is 4.79 Å². The van der Waals surface area contributed by atoms with Gasteiger partial charge in [-0.2, -0.15) is 0 Å². The maximum absolute atomic E-state index is 13.4. The van der Waals surface area contributed by atoms with Crippen LogP contribution in [0.25, 0.3) is 0 Å². The van der Waals surface area contributed by atoms with Crippen LogP contribution in [0, 0.1) is 15.5 Å². The molecule has 3 rings (SSSR count). The molecule has 178 valence electrons. The number of benzene rings is 1. The van der Waals surface area contributed by atoms with E-state index in [0.717, 1.165) is 0 Å². The topological polar surface area (TPSA) is 117 Å². The summed E-state index contributed by atoms with van der Waals surface area (Å²) in [5.41, 5.74) is 1.31. The lowest BCUT2D eigenvalue weighted by atomic mass is 9.68. The van der Waals surface area contributed by atoms with E-state index in [4.69, 9.17) is 14.2 Å². The summed E-state index contributed by atoms with van der Waals surface area (Å²) in [6.07, 6.45) is 0.418. The van der Waals surface area contributed by atoms with Crippen molar-refractivity contribution >= 4 is 17.4 Å². The first-order chi connectivity index (χ1) is 15.4. The van der Waals surface area contributed by atoms with Crippen molar-refractivity contribution in [2.75, 3.05) is 14.2 Å². The van der Waals surface area contributed by atoms with Crippen LogP contribution in [0.4, 0.5) is 5.69 Å². The van der Waals surface area contributed by atoms with Crippen LogP contribution < -0.4 is 14.8 Å². The summed E-state index contributed by atoms with van der Waals surface area (Å²) in [4.78, 5) is 38.1. The summed E-state index contributed by atoms with van der Waals surface area (Å²) < 4.78 is 16.1. The molecule has 0 saturated heterocycles. The molecule has 1 aromatic rings. The Morgan fingerprint density at radius 1 is 1.18 bits per heavy atom. The smallest absolute Gasteiger partial charge is 0.337 e. The number of carbonyl (C=O) groups excluding carboxylic acids is 2. The summed E-state index contributed by atoms with van der Waals surface area (Å²) >= 11 is 0. The highest BCUT2D eigenvalue weighted by atomic mass is 16.6. The van der Waals surface area contributed by atoms with Crippen molar-refractivity contribution in [3.05, 3.63) is 50.4 Å². The normalized spacial score (nSPS) is 19.8. The molecule has 1 atom stereocenters. The summed E-state index contributed by atoms with van der Waals surface area (Å²) in [6.45, 7) is 9.14. The minimum atomic E-state index is -0.976. The molecule has 1 aromatic carbocycles. The van der Waals surface area contributed by atoms with Gasteiger partial charge >= 0.3 is 5.97 Å². The quantitative estimate of drug-likeness (QED) is 0.383. The van der Waals surface area contributed by atoms with Gasteiger partial charge in [0.15, 0.2) is 17.3 Å². The summed E-state index contributed by atoms with van der Waals surface area (Å²) in [6, 6.07) is 2.73. The molecule has 1 aliphatic heterocycles. The van der Waals surface area contributed by atoms with Crippen LogP contribution in [0.1, 0.15) is 58.9 Å². The minimum absolute atomic E-state index is 0.162. The van der Waals surface area contributed by atoms with Crippen LogP contribution >= 0.6 is 0 Å². The van der Waals surface area contributed by atoms with E-state index in [2.05, 4.69) is 5.32 Å². The van der Waals surface area contributed by atoms with Crippen LogP contribution in [0.3, 0.4) is 0 Å². The number of allylic oxidation sites excluding steroid dienone is 3. The molecule has 33 heavy (non-hydrogen) atoms. The summed E-state index contributed by atoms with van der Waals surface area (Å²) in [7, 11) is 2.80. The number of methoxy groups -OCH3 is 2. The Bertz CT molecular complexity index is 1080. The van der Waals surface area contributed by atoms with Crippen molar-refractivity contribution in [1.29, 1.82) is 0 Å². The first kappa shape index (κ1) is 24.3. The van der Waals surface area contributed by atoms with Gasteiger partial charge in [0.2, 0.25) is 0 Å².